The van der Waals surface area contributed by atoms with E-state index in [0.29, 0.717) is 22.9 Å². The molecule has 2 rings (SSSR count). The summed E-state index contributed by atoms with van der Waals surface area (Å²) < 4.78 is 5.70. The van der Waals surface area contributed by atoms with E-state index in [1.165, 1.54) is 0 Å². The molecule has 0 unspecified atom stereocenters. The van der Waals surface area contributed by atoms with Gasteiger partial charge in [-0.05, 0) is 50.5 Å². The standard InChI is InChI=1S/C22H28N2O3/c1-15(2)16-10-7-9-13-19(16)27-14-20(25)23-18-12-8-6-11-17(18)21(26)24-22(3,4)5/h6-13,15H,14H2,1-5H3,(H,23,25)(H,24,26). The van der Waals surface area contributed by atoms with Crippen molar-refractivity contribution in [1.82, 2.24) is 5.32 Å². The Bertz CT molecular complexity index is 807. The van der Waals surface area contributed by atoms with Gasteiger partial charge < -0.3 is 15.4 Å². The monoisotopic (exact) mass is 368 g/mol. The van der Waals surface area contributed by atoms with E-state index in [1.807, 2.05) is 45.0 Å². The summed E-state index contributed by atoms with van der Waals surface area (Å²) in [4.78, 5) is 24.8. The predicted molar refractivity (Wildman–Crippen MR) is 108 cm³/mol. The van der Waals surface area contributed by atoms with Crippen molar-refractivity contribution >= 4 is 17.5 Å². The van der Waals surface area contributed by atoms with Crippen molar-refractivity contribution < 1.29 is 14.3 Å². The highest BCUT2D eigenvalue weighted by atomic mass is 16.5. The van der Waals surface area contributed by atoms with Gasteiger partial charge in [0.15, 0.2) is 6.61 Å². The number of hydrogen-bond acceptors (Lipinski definition) is 3. The number of benzene rings is 2. The Morgan fingerprint density at radius 3 is 2.30 bits per heavy atom. The van der Waals surface area contributed by atoms with E-state index in [4.69, 9.17) is 4.74 Å². The molecule has 144 valence electrons. The van der Waals surface area contributed by atoms with Crippen LogP contribution < -0.4 is 15.4 Å². The molecule has 0 fully saturated rings. The van der Waals surface area contributed by atoms with Crippen molar-refractivity contribution in [3.8, 4) is 5.75 Å². The molecule has 2 aromatic carbocycles. The molecule has 0 saturated heterocycles. The van der Waals surface area contributed by atoms with Crippen LogP contribution in [-0.4, -0.2) is 24.0 Å². The summed E-state index contributed by atoms with van der Waals surface area (Å²) in [6, 6.07) is 14.6. The summed E-state index contributed by atoms with van der Waals surface area (Å²) in [6.45, 7) is 9.75. The normalized spacial score (nSPS) is 11.2. The maximum Gasteiger partial charge on any atom is 0.262 e. The molecule has 0 aliphatic carbocycles. The van der Waals surface area contributed by atoms with E-state index >= 15 is 0 Å². The summed E-state index contributed by atoms with van der Waals surface area (Å²) in [5, 5.41) is 5.68. The molecule has 0 saturated carbocycles. The molecule has 2 amide bonds. The van der Waals surface area contributed by atoms with Crippen LogP contribution in [0.5, 0.6) is 5.75 Å². The van der Waals surface area contributed by atoms with Crippen LogP contribution in [-0.2, 0) is 4.79 Å². The maximum absolute atomic E-state index is 12.5. The molecule has 0 aliphatic rings. The maximum atomic E-state index is 12.5. The average Bonchev–Trinajstić information content (AvgIpc) is 2.59. The fourth-order valence-corrected chi connectivity index (χ4v) is 2.62. The fourth-order valence-electron chi connectivity index (χ4n) is 2.62. The van der Waals surface area contributed by atoms with Crippen LogP contribution in [0.15, 0.2) is 48.5 Å². The van der Waals surface area contributed by atoms with Crippen LogP contribution in [0.4, 0.5) is 5.69 Å². The van der Waals surface area contributed by atoms with Crippen molar-refractivity contribution in [2.75, 3.05) is 11.9 Å². The lowest BCUT2D eigenvalue weighted by atomic mass is 10.0. The zero-order valence-corrected chi connectivity index (χ0v) is 16.6. The zero-order chi connectivity index (χ0) is 20.0. The van der Waals surface area contributed by atoms with Crippen molar-refractivity contribution in [3.63, 3.8) is 0 Å². The van der Waals surface area contributed by atoms with Gasteiger partial charge >= 0.3 is 0 Å². The lowest BCUT2D eigenvalue weighted by Gasteiger charge is -2.21. The predicted octanol–water partition coefficient (Wildman–Crippen LogP) is 4.36. The lowest BCUT2D eigenvalue weighted by molar-refractivity contribution is -0.118. The van der Waals surface area contributed by atoms with Crippen LogP contribution in [0, 0.1) is 0 Å². The summed E-state index contributed by atoms with van der Waals surface area (Å²) in [7, 11) is 0. The first-order valence-electron chi connectivity index (χ1n) is 9.10. The topological polar surface area (TPSA) is 67.4 Å². The average molecular weight is 368 g/mol. The van der Waals surface area contributed by atoms with Crippen molar-refractivity contribution in [2.24, 2.45) is 0 Å². The van der Waals surface area contributed by atoms with Crippen LogP contribution >= 0.6 is 0 Å². The van der Waals surface area contributed by atoms with Crippen molar-refractivity contribution in [1.29, 1.82) is 0 Å². The van der Waals surface area contributed by atoms with Gasteiger partial charge in [0.2, 0.25) is 0 Å². The smallest absolute Gasteiger partial charge is 0.262 e. The summed E-state index contributed by atoms with van der Waals surface area (Å²) in [6.07, 6.45) is 0. The molecule has 0 spiro atoms. The van der Waals surface area contributed by atoms with Gasteiger partial charge in [0.25, 0.3) is 11.8 Å². The minimum atomic E-state index is -0.363. The van der Waals surface area contributed by atoms with Crippen molar-refractivity contribution in [2.45, 2.75) is 46.1 Å². The molecule has 5 nitrogen and oxygen atoms in total. The molecule has 0 atom stereocenters. The molecule has 0 aliphatic heterocycles. The SMILES string of the molecule is CC(C)c1ccccc1OCC(=O)Nc1ccccc1C(=O)NC(C)(C)C. The molecule has 2 N–H and O–H groups in total. The van der Waals surface area contributed by atoms with Gasteiger partial charge in [-0.15, -0.1) is 0 Å². The van der Waals surface area contributed by atoms with Gasteiger partial charge in [-0.1, -0.05) is 44.2 Å². The number of ether oxygens (including phenoxy) is 1. The van der Waals surface area contributed by atoms with E-state index < -0.39 is 0 Å². The van der Waals surface area contributed by atoms with Gasteiger partial charge in [-0.25, -0.2) is 0 Å². The second kappa shape index (κ2) is 8.71. The highest BCUT2D eigenvalue weighted by Crippen LogP contribution is 2.25. The third-order valence-corrected chi connectivity index (χ3v) is 3.83. The molecule has 0 heterocycles. The Morgan fingerprint density at radius 1 is 1.00 bits per heavy atom. The number of hydrogen-bond donors (Lipinski definition) is 2. The van der Waals surface area contributed by atoms with Crippen LogP contribution in [0.3, 0.4) is 0 Å². The molecule has 5 heteroatoms. The summed E-state index contributed by atoms with van der Waals surface area (Å²) >= 11 is 0. The third-order valence-electron chi connectivity index (χ3n) is 3.83. The summed E-state index contributed by atoms with van der Waals surface area (Å²) in [5.74, 6) is 0.446. The third kappa shape index (κ3) is 6.13. The quantitative estimate of drug-likeness (QED) is 0.796. The van der Waals surface area contributed by atoms with Gasteiger partial charge in [0, 0.05) is 5.54 Å². The second-order valence-electron chi connectivity index (χ2n) is 7.78. The molecule has 0 radical (unpaired) electrons. The Morgan fingerprint density at radius 2 is 1.63 bits per heavy atom. The van der Waals surface area contributed by atoms with Crippen LogP contribution in [0.1, 0.15) is 56.5 Å². The van der Waals surface area contributed by atoms with Gasteiger partial charge in [-0.3, -0.25) is 9.59 Å². The van der Waals surface area contributed by atoms with E-state index in [1.54, 1.807) is 24.3 Å². The first kappa shape index (κ1) is 20.5. The summed E-state index contributed by atoms with van der Waals surface area (Å²) in [5.41, 5.74) is 1.57. The number of carbonyl (C=O) groups is 2. The lowest BCUT2D eigenvalue weighted by Crippen LogP contribution is -2.41. The molecule has 0 bridgehead atoms. The Balaban J connectivity index is 2.06. The fraction of sp³-hybridized carbons (Fsp3) is 0.364. The highest BCUT2D eigenvalue weighted by molar-refractivity contribution is 6.04. The van der Waals surface area contributed by atoms with E-state index in [9.17, 15) is 9.59 Å². The number of anilines is 1. The Labute approximate surface area is 161 Å². The molecule has 2 aromatic rings. The minimum absolute atomic E-state index is 0.126. The Kier molecular flexibility index (Phi) is 6.61. The van der Waals surface area contributed by atoms with E-state index in [2.05, 4.69) is 24.5 Å². The van der Waals surface area contributed by atoms with Gasteiger partial charge in [-0.2, -0.15) is 0 Å². The van der Waals surface area contributed by atoms with E-state index in [-0.39, 0.29) is 24.0 Å². The second-order valence-corrected chi connectivity index (χ2v) is 7.78. The Hall–Kier alpha value is -2.82. The van der Waals surface area contributed by atoms with Crippen LogP contribution in [0.25, 0.3) is 0 Å². The largest absolute Gasteiger partial charge is 0.483 e. The number of amides is 2. The van der Waals surface area contributed by atoms with Crippen molar-refractivity contribution in [3.05, 3.63) is 59.7 Å². The molecular formula is C22H28N2O3. The first-order valence-corrected chi connectivity index (χ1v) is 9.10. The number of para-hydroxylation sites is 2. The molecule has 27 heavy (non-hydrogen) atoms. The van der Waals surface area contributed by atoms with Crippen LogP contribution in [0.2, 0.25) is 0 Å². The van der Waals surface area contributed by atoms with Gasteiger partial charge in [0.1, 0.15) is 5.75 Å². The number of carbonyl (C=O) groups excluding carboxylic acids is 2. The van der Waals surface area contributed by atoms with E-state index in [0.717, 1.165) is 5.56 Å². The number of nitrogens with one attached hydrogen (secondary N) is 2. The van der Waals surface area contributed by atoms with Gasteiger partial charge in [0.05, 0.1) is 11.3 Å². The highest BCUT2D eigenvalue weighted by Gasteiger charge is 2.19. The molecular weight excluding hydrogens is 340 g/mol. The molecule has 0 aromatic heterocycles. The zero-order valence-electron chi connectivity index (χ0n) is 16.6. The minimum Gasteiger partial charge on any atom is -0.483 e. The number of rotatable bonds is 6. The first-order chi connectivity index (χ1) is 12.7.